The molecule has 94 valence electrons. The fourth-order valence-corrected chi connectivity index (χ4v) is 1.94. The molecule has 0 aliphatic rings. The number of hydrogen-bond acceptors (Lipinski definition) is 2. The highest BCUT2D eigenvalue weighted by Crippen LogP contribution is 2.40. The summed E-state index contributed by atoms with van der Waals surface area (Å²) < 4.78 is 11.6. The lowest BCUT2D eigenvalue weighted by Gasteiger charge is -2.24. The van der Waals surface area contributed by atoms with E-state index >= 15 is 0 Å². The van der Waals surface area contributed by atoms with Crippen molar-refractivity contribution >= 4 is 13.7 Å². The third kappa shape index (κ3) is 3.94. The van der Waals surface area contributed by atoms with Gasteiger partial charge in [0.25, 0.3) is 0 Å². The molecule has 0 bridgehead atoms. The van der Waals surface area contributed by atoms with E-state index < -0.39 is 19.8 Å². The maximum atomic E-state index is 11.0. The van der Waals surface area contributed by atoms with E-state index in [4.69, 9.17) is 14.9 Å². The van der Waals surface area contributed by atoms with E-state index in [1.54, 1.807) is 30.3 Å². The molecule has 7 heteroatoms. The molecular weight excluding hydrogens is 245 g/mol. The van der Waals surface area contributed by atoms with Crippen LogP contribution >= 0.6 is 7.75 Å². The van der Waals surface area contributed by atoms with Gasteiger partial charge in [-0.3, -0.25) is 4.79 Å². The Kier molecular flexibility index (Phi) is 4.42. The zero-order chi connectivity index (χ0) is 13.1. The SMILES string of the molecule is CN(C(Cc1ccccc1)C(=O)O)P(=O)(O)O. The van der Waals surface area contributed by atoms with Crippen LogP contribution in [0.5, 0.6) is 0 Å². The minimum absolute atomic E-state index is 0.0395. The normalized spacial score (nSPS) is 13.6. The second-order valence-corrected chi connectivity index (χ2v) is 5.29. The summed E-state index contributed by atoms with van der Waals surface area (Å²) in [5.41, 5.74) is 0.709. The zero-order valence-corrected chi connectivity index (χ0v) is 10.1. The molecule has 1 aromatic rings. The smallest absolute Gasteiger partial charge is 0.403 e. The van der Waals surface area contributed by atoms with Crippen molar-refractivity contribution in [3.8, 4) is 0 Å². The topological polar surface area (TPSA) is 98.1 Å². The summed E-state index contributed by atoms with van der Waals surface area (Å²) in [6.45, 7) is 0. The number of carbonyl (C=O) groups is 1. The van der Waals surface area contributed by atoms with Crippen molar-refractivity contribution in [1.29, 1.82) is 0 Å². The average molecular weight is 259 g/mol. The molecule has 0 aromatic heterocycles. The number of carboxylic acids is 1. The molecule has 1 rings (SSSR count). The molecular formula is C10H14NO5P. The number of rotatable bonds is 5. The van der Waals surface area contributed by atoms with E-state index in [1.807, 2.05) is 0 Å². The van der Waals surface area contributed by atoms with Gasteiger partial charge in [0.15, 0.2) is 0 Å². The van der Waals surface area contributed by atoms with Gasteiger partial charge in [0.05, 0.1) is 0 Å². The molecule has 0 aliphatic heterocycles. The van der Waals surface area contributed by atoms with Gasteiger partial charge in [0, 0.05) is 0 Å². The van der Waals surface area contributed by atoms with Gasteiger partial charge in [-0.2, -0.15) is 4.67 Å². The molecule has 0 spiro atoms. The molecule has 0 amide bonds. The van der Waals surface area contributed by atoms with Gasteiger partial charge in [0.1, 0.15) is 6.04 Å². The van der Waals surface area contributed by atoms with E-state index in [9.17, 15) is 9.36 Å². The monoisotopic (exact) mass is 259 g/mol. The molecule has 1 unspecified atom stereocenters. The van der Waals surface area contributed by atoms with Crippen molar-refractivity contribution in [2.24, 2.45) is 0 Å². The maximum Gasteiger partial charge on any atom is 0.403 e. The number of hydrogen-bond donors (Lipinski definition) is 3. The highest BCUT2D eigenvalue weighted by molar-refractivity contribution is 7.49. The van der Waals surface area contributed by atoms with Gasteiger partial charge in [-0.1, -0.05) is 30.3 Å². The summed E-state index contributed by atoms with van der Waals surface area (Å²) in [5, 5.41) is 8.98. The van der Waals surface area contributed by atoms with Crippen LogP contribution in [0.15, 0.2) is 30.3 Å². The van der Waals surface area contributed by atoms with Gasteiger partial charge in [-0.25, -0.2) is 4.57 Å². The van der Waals surface area contributed by atoms with Crippen LogP contribution in [0.3, 0.4) is 0 Å². The van der Waals surface area contributed by atoms with Crippen LogP contribution in [0.2, 0.25) is 0 Å². The Morgan fingerprint density at radius 1 is 1.35 bits per heavy atom. The summed E-state index contributed by atoms with van der Waals surface area (Å²) in [6, 6.07) is 7.44. The maximum absolute atomic E-state index is 11.0. The third-order valence-corrected chi connectivity index (χ3v) is 3.52. The Morgan fingerprint density at radius 2 is 1.88 bits per heavy atom. The van der Waals surface area contributed by atoms with Crippen molar-refractivity contribution in [3.05, 3.63) is 35.9 Å². The van der Waals surface area contributed by atoms with Gasteiger partial charge < -0.3 is 14.9 Å². The van der Waals surface area contributed by atoms with Crippen molar-refractivity contribution in [2.75, 3.05) is 7.05 Å². The molecule has 3 N–H and O–H groups in total. The molecule has 0 fully saturated rings. The van der Waals surface area contributed by atoms with Crippen LogP contribution in [0.25, 0.3) is 0 Å². The first-order chi connectivity index (χ1) is 7.82. The number of nitrogens with zero attached hydrogens (tertiary/aromatic N) is 1. The number of likely N-dealkylation sites (N-methyl/N-ethyl adjacent to an activating group) is 1. The lowest BCUT2D eigenvalue weighted by atomic mass is 10.1. The van der Waals surface area contributed by atoms with Crippen molar-refractivity contribution in [2.45, 2.75) is 12.5 Å². The van der Waals surface area contributed by atoms with E-state index in [0.29, 0.717) is 10.2 Å². The van der Waals surface area contributed by atoms with Crippen LogP contribution in [0.1, 0.15) is 5.56 Å². The van der Waals surface area contributed by atoms with E-state index in [1.165, 1.54) is 0 Å². The summed E-state index contributed by atoms with van der Waals surface area (Å²) in [4.78, 5) is 28.9. The second kappa shape index (κ2) is 5.42. The van der Waals surface area contributed by atoms with Crippen LogP contribution in [0.4, 0.5) is 0 Å². The lowest BCUT2D eigenvalue weighted by molar-refractivity contribution is -0.141. The second-order valence-electron chi connectivity index (χ2n) is 3.63. The minimum Gasteiger partial charge on any atom is -0.480 e. The number of carboxylic acid groups (broad SMARTS) is 1. The fraction of sp³-hybridized carbons (Fsp3) is 0.300. The van der Waals surface area contributed by atoms with Crippen LogP contribution in [-0.2, 0) is 15.8 Å². The first kappa shape index (κ1) is 13.9. The molecule has 17 heavy (non-hydrogen) atoms. The Morgan fingerprint density at radius 3 is 2.29 bits per heavy atom. The predicted octanol–water partition coefficient (Wildman–Crippen LogP) is 0.707. The standard InChI is InChI=1S/C10H14NO5P/c1-11(17(14,15)16)9(10(12)13)7-8-5-3-2-4-6-8/h2-6,9H,7H2,1H3,(H,12,13)(H2,14,15,16). The fourth-order valence-electron chi connectivity index (χ4n) is 1.40. The summed E-state index contributed by atoms with van der Waals surface area (Å²) in [5.74, 6) is -1.26. The summed E-state index contributed by atoms with van der Waals surface area (Å²) in [6.07, 6.45) is 0.0395. The van der Waals surface area contributed by atoms with Crippen molar-refractivity contribution in [1.82, 2.24) is 4.67 Å². The molecule has 0 heterocycles. The lowest BCUT2D eigenvalue weighted by Crippen LogP contribution is -2.38. The molecule has 1 aromatic carbocycles. The van der Waals surface area contributed by atoms with E-state index in [2.05, 4.69) is 0 Å². The number of aliphatic carboxylic acids is 1. The zero-order valence-electron chi connectivity index (χ0n) is 9.22. The van der Waals surface area contributed by atoms with Crippen LogP contribution < -0.4 is 0 Å². The molecule has 0 saturated heterocycles. The quantitative estimate of drug-likeness (QED) is 0.673. The molecule has 0 aliphatic carbocycles. The Labute approximate surface area is 98.7 Å². The first-order valence-electron chi connectivity index (χ1n) is 4.88. The van der Waals surface area contributed by atoms with Gasteiger partial charge in [-0.15, -0.1) is 0 Å². The van der Waals surface area contributed by atoms with Crippen LogP contribution in [-0.4, -0.2) is 38.6 Å². The Hall–Kier alpha value is -1.20. The molecule has 6 nitrogen and oxygen atoms in total. The molecule has 0 radical (unpaired) electrons. The van der Waals surface area contributed by atoms with Gasteiger partial charge in [0.2, 0.25) is 0 Å². The largest absolute Gasteiger partial charge is 0.480 e. The molecule has 0 saturated carbocycles. The van der Waals surface area contributed by atoms with E-state index in [0.717, 1.165) is 7.05 Å². The Bertz CT molecular complexity index is 430. The highest BCUT2D eigenvalue weighted by atomic mass is 31.2. The Balaban J connectivity index is 2.89. The van der Waals surface area contributed by atoms with Gasteiger partial charge in [-0.05, 0) is 19.0 Å². The average Bonchev–Trinajstić information content (AvgIpc) is 2.24. The molecule has 1 atom stereocenters. The summed E-state index contributed by atoms with van der Waals surface area (Å²) in [7, 11) is -3.45. The minimum atomic E-state index is -4.55. The van der Waals surface area contributed by atoms with E-state index in [-0.39, 0.29) is 6.42 Å². The third-order valence-electron chi connectivity index (χ3n) is 2.42. The van der Waals surface area contributed by atoms with Crippen LogP contribution in [0, 0.1) is 0 Å². The number of benzene rings is 1. The van der Waals surface area contributed by atoms with Crippen molar-refractivity contribution in [3.63, 3.8) is 0 Å². The summed E-state index contributed by atoms with van der Waals surface area (Å²) >= 11 is 0. The van der Waals surface area contributed by atoms with Gasteiger partial charge >= 0.3 is 13.7 Å². The predicted molar refractivity (Wildman–Crippen MR) is 61.4 cm³/mol. The first-order valence-corrected chi connectivity index (χ1v) is 6.44. The highest BCUT2D eigenvalue weighted by Gasteiger charge is 2.33. The van der Waals surface area contributed by atoms with Crippen molar-refractivity contribution < 1.29 is 24.3 Å².